The Balaban J connectivity index is 1.42. The summed E-state index contributed by atoms with van der Waals surface area (Å²) >= 11 is 0. The van der Waals surface area contributed by atoms with E-state index in [1.165, 1.54) is 0 Å². The van der Waals surface area contributed by atoms with E-state index in [1.54, 1.807) is 43.5 Å². The Kier molecular flexibility index (Phi) is 13.8. The van der Waals surface area contributed by atoms with Gasteiger partial charge in [0.05, 0.1) is 72.7 Å². The van der Waals surface area contributed by atoms with Gasteiger partial charge in [0.15, 0.2) is 9.84 Å². The Hall–Kier alpha value is -2.15. The lowest BCUT2D eigenvalue weighted by atomic mass is 9.83. The van der Waals surface area contributed by atoms with Gasteiger partial charge in [-0.1, -0.05) is 56.5 Å². The minimum absolute atomic E-state index is 0.00775. The van der Waals surface area contributed by atoms with E-state index in [9.17, 15) is 13.5 Å². The molecule has 3 aliphatic heterocycles. The molecule has 3 aliphatic rings. The van der Waals surface area contributed by atoms with E-state index in [4.69, 9.17) is 29.4 Å². The Morgan fingerprint density at radius 2 is 1.85 bits per heavy atom. The van der Waals surface area contributed by atoms with E-state index < -0.39 is 40.2 Å². The number of aliphatic hydroxyl groups is 1. The summed E-state index contributed by atoms with van der Waals surface area (Å²) in [5.74, 6) is -0.395. The van der Waals surface area contributed by atoms with Crippen LogP contribution in [0.4, 0.5) is 0 Å². The molecule has 3 saturated heterocycles. The average molecular weight is 660 g/mol. The van der Waals surface area contributed by atoms with E-state index in [-0.39, 0.29) is 53.9 Å². The minimum Gasteiger partial charge on any atom is -0.392 e. The summed E-state index contributed by atoms with van der Waals surface area (Å²) in [5.41, 5.74) is 7.78. The summed E-state index contributed by atoms with van der Waals surface area (Å²) in [7, 11) is -2.08. The summed E-state index contributed by atoms with van der Waals surface area (Å²) in [4.78, 5) is 0.260. The Morgan fingerprint density at radius 3 is 2.54 bits per heavy atom. The van der Waals surface area contributed by atoms with Crippen molar-refractivity contribution in [1.29, 1.82) is 0 Å². The van der Waals surface area contributed by atoms with Gasteiger partial charge in [0.2, 0.25) is 0 Å². The summed E-state index contributed by atoms with van der Waals surface area (Å²) in [6.45, 7) is 15.6. The highest BCUT2D eigenvalue weighted by Crippen LogP contribution is 2.41. The number of ether oxygens (including phenoxy) is 5. The molecule has 46 heavy (non-hydrogen) atoms. The average Bonchev–Trinajstić information content (AvgIpc) is 3.55. The quantitative estimate of drug-likeness (QED) is 0.183. The van der Waals surface area contributed by atoms with Crippen molar-refractivity contribution in [2.24, 2.45) is 17.6 Å². The van der Waals surface area contributed by atoms with Gasteiger partial charge in [0.25, 0.3) is 0 Å². The van der Waals surface area contributed by atoms with E-state index >= 15 is 0 Å². The molecular weight excluding hydrogens is 606 g/mol. The van der Waals surface area contributed by atoms with E-state index in [0.717, 1.165) is 36.8 Å². The highest BCUT2D eigenvalue weighted by atomic mass is 32.2. The molecule has 1 aromatic rings. The van der Waals surface area contributed by atoms with Crippen LogP contribution in [0.1, 0.15) is 45.4 Å². The van der Waals surface area contributed by atoms with Crippen molar-refractivity contribution in [3.8, 4) is 0 Å². The molecule has 1 aromatic carbocycles. The summed E-state index contributed by atoms with van der Waals surface area (Å²) in [5, 5.41) is 10.4. The maximum Gasteiger partial charge on any atom is 0.178 e. The van der Waals surface area contributed by atoms with Gasteiger partial charge < -0.3 is 34.5 Å². The third-order valence-electron chi connectivity index (χ3n) is 9.45. The molecule has 0 aromatic heterocycles. The fourth-order valence-electron chi connectivity index (χ4n) is 6.92. The largest absolute Gasteiger partial charge is 0.392 e. The first-order valence-electron chi connectivity index (χ1n) is 16.4. The van der Waals surface area contributed by atoms with Crippen molar-refractivity contribution in [2.45, 2.75) is 99.2 Å². The van der Waals surface area contributed by atoms with Crippen LogP contribution in [-0.4, -0.2) is 95.0 Å². The molecule has 3 heterocycles. The van der Waals surface area contributed by atoms with Crippen LogP contribution < -0.4 is 5.73 Å². The number of nitrogens with two attached hydrogens (primary N) is 1. The van der Waals surface area contributed by atoms with Crippen molar-refractivity contribution in [2.75, 3.05) is 32.6 Å². The van der Waals surface area contributed by atoms with Gasteiger partial charge in [-0.3, -0.25) is 0 Å². The molecule has 4 rings (SSSR count). The maximum absolute atomic E-state index is 13.5. The molecule has 9 nitrogen and oxygen atoms in total. The molecule has 0 spiro atoms. The van der Waals surface area contributed by atoms with Gasteiger partial charge in [-0.25, -0.2) is 8.42 Å². The van der Waals surface area contributed by atoms with Crippen molar-refractivity contribution in [1.82, 2.24) is 0 Å². The first-order chi connectivity index (χ1) is 22.1. The van der Waals surface area contributed by atoms with Gasteiger partial charge in [-0.2, -0.15) is 0 Å². The molecule has 7 unspecified atom stereocenters. The lowest BCUT2D eigenvalue weighted by molar-refractivity contribution is -0.0766. The second kappa shape index (κ2) is 17.3. The molecule has 0 amide bonds. The molecule has 256 valence electrons. The van der Waals surface area contributed by atoms with E-state index in [2.05, 4.69) is 26.7 Å². The van der Waals surface area contributed by atoms with E-state index in [1.807, 2.05) is 12.2 Å². The van der Waals surface area contributed by atoms with Gasteiger partial charge >= 0.3 is 0 Å². The molecule has 3 fully saturated rings. The standard InChI is InChI=1S/C36H53NO8S/c1-6-16-42-17-10-11-28-19-25(3)32(43-28)15-14-29-18-24(2)26(4)33(44-29)21-34-31(23-46(39,40)30-12-8-7-9-13-30)36(41-5)35(45-34)20-27(38)22-37/h6-13,24,27-29,31-36,38H,1,3-4,14-23,37H2,2,5H3/b11-10+/t24-,27?,28?,29?,31?,32?,33?,34+,35?,36-/m1/s1. The van der Waals surface area contributed by atoms with Gasteiger partial charge in [-0.15, -0.1) is 6.58 Å². The van der Waals surface area contributed by atoms with Crippen LogP contribution in [0, 0.1) is 11.8 Å². The predicted octanol–water partition coefficient (Wildman–Crippen LogP) is 4.56. The molecule has 0 saturated carbocycles. The monoisotopic (exact) mass is 659 g/mol. The van der Waals surface area contributed by atoms with Crippen molar-refractivity contribution in [3.63, 3.8) is 0 Å². The zero-order valence-electron chi connectivity index (χ0n) is 27.4. The molecule has 10 heteroatoms. The number of hydrogen-bond donors (Lipinski definition) is 2. The molecule has 0 bridgehead atoms. The van der Waals surface area contributed by atoms with Gasteiger partial charge in [0, 0.05) is 38.8 Å². The van der Waals surface area contributed by atoms with Crippen LogP contribution in [0.15, 0.2) is 84.3 Å². The topological polar surface area (TPSA) is 127 Å². The number of rotatable bonds is 17. The first-order valence-corrected chi connectivity index (χ1v) is 18.1. The van der Waals surface area contributed by atoms with Crippen molar-refractivity contribution >= 4 is 9.84 Å². The lowest BCUT2D eigenvalue weighted by Crippen LogP contribution is -2.40. The number of hydrogen-bond acceptors (Lipinski definition) is 9. The molecular formula is C36H53NO8S. The number of sulfone groups is 1. The fraction of sp³-hybridized carbons (Fsp3) is 0.611. The second-order valence-electron chi connectivity index (χ2n) is 12.8. The lowest BCUT2D eigenvalue weighted by Gasteiger charge is -2.38. The van der Waals surface area contributed by atoms with Crippen LogP contribution in [0.3, 0.4) is 0 Å². The van der Waals surface area contributed by atoms with Crippen LogP contribution >= 0.6 is 0 Å². The smallest absolute Gasteiger partial charge is 0.178 e. The number of methoxy groups -OCH3 is 1. The minimum atomic E-state index is -3.64. The van der Waals surface area contributed by atoms with Gasteiger partial charge in [0.1, 0.15) is 0 Å². The van der Waals surface area contributed by atoms with Crippen molar-refractivity contribution in [3.05, 3.63) is 79.4 Å². The van der Waals surface area contributed by atoms with E-state index in [0.29, 0.717) is 19.6 Å². The summed E-state index contributed by atoms with van der Waals surface area (Å²) in [6, 6.07) is 8.44. The van der Waals surface area contributed by atoms with Crippen LogP contribution in [-0.2, 0) is 33.5 Å². The second-order valence-corrected chi connectivity index (χ2v) is 14.9. The highest BCUT2D eigenvalue weighted by molar-refractivity contribution is 7.91. The third kappa shape index (κ3) is 9.70. The highest BCUT2D eigenvalue weighted by Gasteiger charge is 2.48. The Labute approximate surface area is 275 Å². The molecule has 10 atom stereocenters. The molecule has 0 radical (unpaired) electrons. The van der Waals surface area contributed by atoms with Crippen LogP contribution in [0.2, 0.25) is 0 Å². The normalized spacial score (nSPS) is 32.7. The first kappa shape index (κ1) is 36.7. The maximum atomic E-state index is 13.5. The van der Waals surface area contributed by atoms with Crippen LogP contribution in [0.5, 0.6) is 0 Å². The van der Waals surface area contributed by atoms with Crippen LogP contribution in [0.25, 0.3) is 0 Å². The molecule has 0 aliphatic carbocycles. The van der Waals surface area contributed by atoms with Gasteiger partial charge in [-0.05, 0) is 48.5 Å². The Morgan fingerprint density at radius 1 is 1.09 bits per heavy atom. The summed E-state index contributed by atoms with van der Waals surface area (Å²) < 4.78 is 57.8. The third-order valence-corrected chi connectivity index (χ3v) is 11.3. The van der Waals surface area contributed by atoms with Crippen molar-refractivity contribution < 1.29 is 37.2 Å². The zero-order valence-corrected chi connectivity index (χ0v) is 28.2. The fourth-order valence-corrected chi connectivity index (χ4v) is 8.59. The number of aliphatic hydroxyl groups excluding tert-OH is 1. The Bertz CT molecular complexity index is 1280. The predicted molar refractivity (Wildman–Crippen MR) is 179 cm³/mol. The zero-order chi connectivity index (χ0) is 33.3. The number of benzene rings is 1. The SMILES string of the molecule is C=CCOC/C=C/C1CC(=C)C(CCC2C[C@@H](C)C(=C)C(C[C@@H]3OC(CC(O)CN)[C@H](OC)C3CS(=O)(=O)c3ccccc3)O2)O1. The molecule has 3 N–H and O–H groups in total. The summed E-state index contributed by atoms with van der Waals surface area (Å²) in [6.07, 6.45) is 7.02.